The van der Waals surface area contributed by atoms with Gasteiger partial charge in [-0.2, -0.15) is 0 Å². The summed E-state index contributed by atoms with van der Waals surface area (Å²) in [6.45, 7) is 1.06. The third kappa shape index (κ3) is 2.91. The number of pyridine rings is 1. The summed E-state index contributed by atoms with van der Waals surface area (Å²) in [7, 11) is 0. The summed E-state index contributed by atoms with van der Waals surface area (Å²) in [5.41, 5.74) is 4.19. The molecule has 0 saturated carbocycles. The summed E-state index contributed by atoms with van der Waals surface area (Å²) < 4.78 is 24.8. The van der Waals surface area contributed by atoms with Crippen LogP contribution in [0.5, 0.6) is 11.5 Å². The number of nitrogens with zero attached hydrogens (tertiary/aromatic N) is 2. The maximum atomic E-state index is 13.6. The first-order valence-electron chi connectivity index (χ1n) is 10.0. The van der Waals surface area contributed by atoms with E-state index in [9.17, 15) is 9.18 Å². The lowest BCUT2D eigenvalue weighted by atomic mass is 9.90. The molecule has 6 rings (SSSR count). The van der Waals surface area contributed by atoms with Gasteiger partial charge >= 0.3 is 0 Å². The fourth-order valence-electron chi connectivity index (χ4n) is 4.38. The molecule has 0 unspecified atom stereocenters. The molecular weight excluding hydrogens is 395 g/mol. The van der Waals surface area contributed by atoms with E-state index in [0.717, 1.165) is 33.2 Å². The van der Waals surface area contributed by atoms with Crippen LogP contribution in [0.25, 0.3) is 21.9 Å². The van der Waals surface area contributed by atoms with Gasteiger partial charge in [-0.1, -0.05) is 18.2 Å². The molecule has 4 aromatic rings. The minimum atomic E-state index is -0.300. The summed E-state index contributed by atoms with van der Waals surface area (Å²) >= 11 is 0. The van der Waals surface area contributed by atoms with E-state index in [2.05, 4.69) is 4.98 Å². The highest BCUT2D eigenvalue weighted by molar-refractivity contribution is 6.09. The van der Waals surface area contributed by atoms with E-state index >= 15 is 0 Å². The van der Waals surface area contributed by atoms with Gasteiger partial charge in [0.25, 0.3) is 5.91 Å². The largest absolute Gasteiger partial charge is 0.454 e. The number of amides is 1. The van der Waals surface area contributed by atoms with Gasteiger partial charge in [-0.15, -0.1) is 0 Å². The number of aromatic nitrogens is 1. The Labute approximate surface area is 177 Å². The minimum absolute atomic E-state index is 0.0384. The first kappa shape index (κ1) is 17.9. The number of fused-ring (bicyclic) bond motifs is 3. The molecule has 0 atom stereocenters. The number of rotatable bonds is 3. The Morgan fingerprint density at radius 2 is 1.81 bits per heavy atom. The lowest BCUT2D eigenvalue weighted by Gasteiger charge is -2.15. The number of halogens is 1. The van der Waals surface area contributed by atoms with Crippen molar-refractivity contribution in [1.29, 1.82) is 0 Å². The van der Waals surface area contributed by atoms with Crippen LogP contribution in [-0.4, -0.2) is 22.6 Å². The maximum absolute atomic E-state index is 13.6. The summed E-state index contributed by atoms with van der Waals surface area (Å²) in [5, 5.41) is 1.83. The van der Waals surface area contributed by atoms with Crippen molar-refractivity contribution in [3.8, 4) is 22.6 Å². The molecule has 3 heterocycles. The van der Waals surface area contributed by atoms with Crippen molar-refractivity contribution in [2.45, 2.75) is 13.1 Å². The van der Waals surface area contributed by atoms with E-state index in [4.69, 9.17) is 9.47 Å². The van der Waals surface area contributed by atoms with E-state index in [1.165, 1.54) is 12.1 Å². The van der Waals surface area contributed by atoms with Crippen molar-refractivity contribution in [3.63, 3.8) is 0 Å². The van der Waals surface area contributed by atoms with Crippen molar-refractivity contribution in [1.82, 2.24) is 9.88 Å². The van der Waals surface area contributed by atoms with E-state index in [0.29, 0.717) is 30.2 Å². The number of ether oxygens (including phenoxy) is 2. The second-order valence-corrected chi connectivity index (χ2v) is 7.69. The number of hydrogen-bond donors (Lipinski definition) is 0. The lowest BCUT2D eigenvalue weighted by Crippen LogP contribution is -2.23. The van der Waals surface area contributed by atoms with Gasteiger partial charge in [-0.05, 0) is 69.9 Å². The zero-order valence-corrected chi connectivity index (χ0v) is 16.5. The van der Waals surface area contributed by atoms with Crippen LogP contribution < -0.4 is 9.47 Å². The predicted octanol–water partition coefficient (Wildman–Crippen LogP) is 4.93. The number of carbonyl (C=O) groups is 1. The average molecular weight is 412 g/mol. The first-order chi connectivity index (χ1) is 15.2. The summed E-state index contributed by atoms with van der Waals surface area (Å²) in [6, 6.07) is 17.8. The van der Waals surface area contributed by atoms with Gasteiger partial charge in [0.2, 0.25) is 6.79 Å². The second kappa shape index (κ2) is 6.80. The van der Waals surface area contributed by atoms with Gasteiger partial charge in [0.1, 0.15) is 5.82 Å². The summed E-state index contributed by atoms with van der Waals surface area (Å²) in [6.07, 6.45) is 1.73. The lowest BCUT2D eigenvalue weighted by molar-refractivity contribution is 0.0765. The molecule has 1 amide bonds. The molecule has 0 bridgehead atoms. The second-order valence-electron chi connectivity index (χ2n) is 7.69. The normalized spacial score (nSPS) is 14.4. The van der Waals surface area contributed by atoms with Crippen LogP contribution in [0.3, 0.4) is 0 Å². The molecule has 31 heavy (non-hydrogen) atoms. The summed E-state index contributed by atoms with van der Waals surface area (Å²) in [4.78, 5) is 19.4. The molecule has 0 saturated heterocycles. The first-order valence-corrected chi connectivity index (χ1v) is 10.0. The SMILES string of the molecule is O=C1c2cc3cc4c(cc3c(-c3ccc(F)cc3)c2CN1Cc1ccccn1)OCO4. The number of carbonyl (C=O) groups excluding carboxylic acids is 1. The van der Waals surface area contributed by atoms with E-state index in [1.54, 1.807) is 23.2 Å². The Kier molecular flexibility index (Phi) is 3.93. The van der Waals surface area contributed by atoms with E-state index in [-0.39, 0.29) is 18.5 Å². The quantitative estimate of drug-likeness (QED) is 0.479. The van der Waals surface area contributed by atoms with E-state index in [1.807, 2.05) is 36.4 Å². The van der Waals surface area contributed by atoms with Crippen LogP contribution in [0, 0.1) is 5.82 Å². The minimum Gasteiger partial charge on any atom is -0.454 e. The van der Waals surface area contributed by atoms with Gasteiger partial charge in [0, 0.05) is 18.3 Å². The zero-order chi connectivity index (χ0) is 20.9. The molecule has 0 N–H and O–H groups in total. The molecule has 6 heteroatoms. The monoisotopic (exact) mass is 412 g/mol. The molecule has 0 fully saturated rings. The van der Waals surface area contributed by atoms with Gasteiger partial charge in [0.15, 0.2) is 11.5 Å². The van der Waals surface area contributed by atoms with Crippen LogP contribution in [-0.2, 0) is 13.1 Å². The third-order valence-electron chi connectivity index (χ3n) is 5.82. The molecule has 1 aromatic heterocycles. The van der Waals surface area contributed by atoms with Crippen LogP contribution in [0.1, 0.15) is 21.6 Å². The van der Waals surface area contributed by atoms with Crippen molar-refractivity contribution in [2.75, 3.05) is 6.79 Å². The Morgan fingerprint density at radius 3 is 2.58 bits per heavy atom. The number of hydrogen-bond acceptors (Lipinski definition) is 4. The Bertz CT molecular complexity index is 1340. The van der Waals surface area contributed by atoms with Crippen LogP contribution >= 0.6 is 0 Å². The van der Waals surface area contributed by atoms with Crippen molar-refractivity contribution < 1.29 is 18.7 Å². The highest BCUT2D eigenvalue weighted by Gasteiger charge is 2.32. The van der Waals surface area contributed by atoms with Gasteiger partial charge < -0.3 is 14.4 Å². The Hall–Kier alpha value is -3.93. The van der Waals surface area contributed by atoms with Crippen molar-refractivity contribution >= 4 is 16.7 Å². The molecule has 2 aliphatic rings. The van der Waals surface area contributed by atoms with E-state index < -0.39 is 0 Å². The zero-order valence-electron chi connectivity index (χ0n) is 16.5. The summed E-state index contributed by atoms with van der Waals surface area (Å²) in [5.74, 6) is 0.994. The molecule has 2 aliphatic heterocycles. The van der Waals surface area contributed by atoms with Crippen LogP contribution in [0.2, 0.25) is 0 Å². The van der Waals surface area contributed by atoms with Crippen LogP contribution in [0.4, 0.5) is 4.39 Å². The standard InChI is InChI=1S/C25H17FN2O3/c26-17-6-4-15(5-7-17)24-19-11-23-22(30-14-31-23)10-16(19)9-20-21(24)13-28(25(20)29)12-18-3-1-2-8-27-18/h1-11H,12-14H2. The molecule has 3 aromatic carbocycles. The van der Waals surface area contributed by atoms with Crippen molar-refractivity contribution in [3.05, 3.63) is 89.5 Å². The number of benzene rings is 3. The fraction of sp³-hybridized carbons (Fsp3) is 0.120. The molecular formula is C25H17FN2O3. The smallest absolute Gasteiger partial charge is 0.254 e. The molecule has 5 nitrogen and oxygen atoms in total. The molecule has 0 aliphatic carbocycles. The molecule has 0 spiro atoms. The highest BCUT2D eigenvalue weighted by atomic mass is 19.1. The van der Waals surface area contributed by atoms with Crippen molar-refractivity contribution in [2.24, 2.45) is 0 Å². The average Bonchev–Trinajstić information content (AvgIpc) is 3.36. The van der Waals surface area contributed by atoms with Gasteiger partial charge in [-0.25, -0.2) is 4.39 Å². The fourth-order valence-corrected chi connectivity index (χ4v) is 4.38. The topological polar surface area (TPSA) is 51.7 Å². The Morgan fingerprint density at radius 1 is 1.00 bits per heavy atom. The predicted molar refractivity (Wildman–Crippen MR) is 113 cm³/mol. The molecule has 152 valence electrons. The Balaban J connectivity index is 1.54. The van der Waals surface area contributed by atoms with Gasteiger partial charge in [-0.3, -0.25) is 9.78 Å². The highest BCUT2D eigenvalue weighted by Crippen LogP contribution is 2.44. The maximum Gasteiger partial charge on any atom is 0.254 e. The van der Waals surface area contributed by atoms with Crippen LogP contribution in [0.15, 0.2) is 66.9 Å². The van der Waals surface area contributed by atoms with Gasteiger partial charge in [0.05, 0.1) is 12.2 Å². The molecule has 0 radical (unpaired) electrons. The third-order valence-corrected chi connectivity index (χ3v) is 5.82.